The second kappa shape index (κ2) is 12.7. The van der Waals surface area contributed by atoms with E-state index in [9.17, 15) is 23.1 Å². The smallest absolute Gasteiger partial charge is 0.508 e. The van der Waals surface area contributed by atoms with Gasteiger partial charge in [0.2, 0.25) is 0 Å². The molecular weight excluding hydrogens is 581 g/mol. The van der Waals surface area contributed by atoms with E-state index < -0.39 is 6.36 Å². The Morgan fingerprint density at radius 2 is 1.73 bits per heavy atom. The van der Waals surface area contributed by atoms with Crippen LogP contribution in [0.4, 0.5) is 13.2 Å². The number of benzene rings is 4. The van der Waals surface area contributed by atoms with Crippen LogP contribution in [0.3, 0.4) is 0 Å². The van der Waals surface area contributed by atoms with Crippen LogP contribution in [0.5, 0.6) is 11.5 Å². The van der Waals surface area contributed by atoms with Crippen molar-refractivity contribution in [2.75, 3.05) is 6.54 Å². The van der Waals surface area contributed by atoms with E-state index in [1.54, 1.807) is 25.1 Å². The van der Waals surface area contributed by atoms with Crippen LogP contribution >= 0.6 is 0 Å². The maximum Gasteiger partial charge on any atom is 0.573 e. The molecule has 6 rings (SSSR count). The summed E-state index contributed by atoms with van der Waals surface area (Å²) in [6, 6.07) is 25.3. The highest BCUT2D eigenvalue weighted by Gasteiger charge is 2.33. The molecule has 1 aliphatic heterocycles. The van der Waals surface area contributed by atoms with E-state index >= 15 is 0 Å². The van der Waals surface area contributed by atoms with E-state index in [0.717, 1.165) is 40.7 Å². The second-order valence-corrected chi connectivity index (χ2v) is 11.3. The highest BCUT2D eigenvalue weighted by atomic mass is 19.4. The molecule has 2 heterocycles. The number of carbonyl (C=O) groups is 1. The van der Waals surface area contributed by atoms with Gasteiger partial charge in [0.15, 0.2) is 0 Å². The van der Waals surface area contributed by atoms with E-state index in [-0.39, 0.29) is 36.5 Å². The van der Waals surface area contributed by atoms with Crippen LogP contribution in [-0.2, 0) is 29.1 Å². The van der Waals surface area contributed by atoms with Crippen molar-refractivity contribution in [1.29, 1.82) is 0 Å². The van der Waals surface area contributed by atoms with Crippen LogP contribution in [0.1, 0.15) is 40.7 Å². The van der Waals surface area contributed by atoms with Gasteiger partial charge in [-0.25, -0.2) is 0 Å². The van der Waals surface area contributed by atoms with E-state index in [1.807, 2.05) is 71.4 Å². The van der Waals surface area contributed by atoms with Crippen molar-refractivity contribution >= 4 is 16.9 Å². The highest BCUT2D eigenvalue weighted by molar-refractivity contribution is 5.87. The Morgan fingerprint density at radius 1 is 1.00 bits per heavy atom. The molecule has 9 heteroatoms. The van der Waals surface area contributed by atoms with Crippen molar-refractivity contribution < 1.29 is 32.5 Å². The lowest BCUT2D eigenvalue weighted by Crippen LogP contribution is -2.32. The van der Waals surface area contributed by atoms with Crippen LogP contribution in [0.15, 0.2) is 91.1 Å². The maximum absolute atomic E-state index is 13.5. The standard InChI is InChI=1S/C36H33F3N2O4/c1-23-28(25-11-6-3-7-12-25)14-15-34(45-36(37,38)39)29(23)17-26-21-41(20-24-9-4-2-5-10-24)32-18-27(33(42)19-30(26)32)22-44-35(43)31-13-8-16-40-31/h2-7,9-12,14-15,18-19,21,31,40,42H,8,13,16-17,20,22H2,1H3/t31-/m0/s1. The van der Waals surface area contributed by atoms with Crippen LogP contribution in [0.2, 0.25) is 0 Å². The van der Waals surface area contributed by atoms with Gasteiger partial charge in [0.1, 0.15) is 24.1 Å². The maximum atomic E-state index is 13.5. The lowest BCUT2D eigenvalue weighted by Gasteiger charge is -2.18. The third-order valence-electron chi connectivity index (χ3n) is 8.31. The highest BCUT2D eigenvalue weighted by Crippen LogP contribution is 2.38. The largest absolute Gasteiger partial charge is 0.573 e. The SMILES string of the molecule is Cc1c(-c2ccccc2)ccc(OC(F)(F)F)c1Cc1cn(Cc2ccccc2)c2cc(COC(=O)[C@@H]3CCCN3)c(O)cc12. The molecule has 0 spiro atoms. The zero-order valence-electron chi connectivity index (χ0n) is 24.7. The first-order valence-electron chi connectivity index (χ1n) is 14.9. The topological polar surface area (TPSA) is 72.7 Å². The number of alkyl halides is 3. The number of hydrogen-bond donors (Lipinski definition) is 2. The lowest BCUT2D eigenvalue weighted by molar-refractivity contribution is -0.274. The monoisotopic (exact) mass is 614 g/mol. The van der Waals surface area contributed by atoms with Crippen molar-refractivity contribution in [2.45, 2.75) is 51.7 Å². The fourth-order valence-corrected chi connectivity index (χ4v) is 6.04. The predicted molar refractivity (Wildman–Crippen MR) is 166 cm³/mol. The third-order valence-corrected chi connectivity index (χ3v) is 8.31. The summed E-state index contributed by atoms with van der Waals surface area (Å²) in [7, 11) is 0. The molecule has 1 atom stereocenters. The Bertz CT molecular complexity index is 1810. The number of nitrogens with zero attached hydrogens (tertiary/aromatic N) is 1. The molecule has 1 fully saturated rings. The van der Waals surface area contributed by atoms with Crippen LogP contribution in [-0.4, -0.2) is 34.6 Å². The van der Waals surface area contributed by atoms with Crippen molar-refractivity contribution in [3.8, 4) is 22.6 Å². The van der Waals surface area contributed by atoms with Gasteiger partial charge in [-0.2, -0.15) is 0 Å². The molecule has 4 aromatic carbocycles. The zero-order valence-corrected chi connectivity index (χ0v) is 24.7. The number of aromatic nitrogens is 1. The summed E-state index contributed by atoms with van der Waals surface area (Å²) >= 11 is 0. The molecular formula is C36H33F3N2O4. The number of ether oxygens (including phenoxy) is 2. The summed E-state index contributed by atoms with van der Waals surface area (Å²) in [5, 5.41) is 14.8. The number of phenols is 1. The van der Waals surface area contributed by atoms with E-state index in [0.29, 0.717) is 35.0 Å². The summed E-state index contributed by atoms with van der Waals surface area (Å²) in [5.41, 5.74) is 5.69. The zero-order chi connectivity index (χ0) is 31.6. The van der Waals surface area contributed by atoms with E-state index in [2.05, 4.69) is 10.1 Å². The van der Waals surface area contributed by atoms with Gasteiger partial charge in [0.05, 0.1) is 0 Å². The minimum absolute atomic E-state index is 0.0603. The second-order valence-electron chi connectivity index (χ2n) is 11.3. The summed E-state index contributed by atoms with van der Waals surface area (Å²) < 4.78 is 52.7. The van der Waals surface area contributed by atoms with Crippen molar-refractivity contribution in [2.24, 2.45) is 0 Å². The normalized spacial score (nSPS) is 15.0. The Morgan fingerprint density at radius 3 is 2.42 bits per heavy atom. The summed E-state index contributed by atoms with van der Waals surface area (Å²) in [5.74, 6) is -0.690. The number of esters is 1. The van der Waals surface area contributed by atoms with Gasteiger partial charge >= 0.3 is 12.3 Å². The van der Waals surface area contributed by atoms with Crippen molar-refractivity contribution in [3.63, 3.8) is 0 Å². The Labute approximate surface area is 259 Å². The van der Waals surface area contributed by atoms with Gasteiger partial charge in [-0.1, -0.05) is 66.7 Å². The van der Waals surface area contributed by atoms with Gasteiger partial charge in [0, 0.05) is 41.2 Å². The Hall–Kier alpha value is -4.76. The third kappa shape index (κ3) is 6.83. The van der Waals surface area contributed by atoms with Crippen LogP contribution < -0.4 is 10.1 Å². The molecule has 1 aromatic heterocycles. The summed E-state index contributed by atoms with van der Waals surface area (Å²) in [4.78, 5) is 12.5. The molecule has 0 bridgehead atoms. The molecule has 232 valence electrons. The molecule has 0 amide bonds. The first kappa shape index (κ1) is 30.3. The quantitative estimate of drug-likeness (QED) is 0.167. The number of nitrogens with one attached hydrogen (secondary N) is 1. The molecule has 0 aliphatic carbocycles. The van der Waals surface area contributed by atoms with Crippen molar-refractivity contribution in [1.82, 2.24) is 9.88 Å². The molecule has 45 heavy (non-hydrogen) atoms. The number of phenolic OH excluding ortho intramolecular Hbond substituents is 1. The lowest BCUT2D eigenvalue weighted by atomic mass is 9.92. The number of hydrogen-bond acceptors (Lipinski definition) is 5. The van der Waals surface area contributed by atoms with Gasteiger partial charge in [-0.3, -0.25) is 4.79 Å². The fraction of sp³-hybridized carbons (Fsp3) is 0.250. The first-order valence-corrected chi connectivity index (χ1v) is 14.9. The Balaban J connectivity index is 1.42. The van der Waals surface area contributed by atoms with Gasteiger partial charge in [-0.05, 0) is 72.3 Å². The fourth-order valence-electron chi connectivity index (χ4n) is 6.04. The molecule has 2 N–H and O–H groups in total. The molecule has 1 aliphatic rings. The summed E-state index contributed by atoms with van der Waals surface area (Å²) in [6.45, 7) is 2.94. The molecule has 0 unspecified atom stereocenters. The van der Waals surface area contributed by atoms with Gasteiger partial charge < -0.3 is 24.5 Å². The number of rotatable bonds is 9. The predicted octanol–water partition coefficient (Wildman–Crippen LogP) is 7.66. The van der Waals surface area contributed by atoms with Gasteiger partial charge in [-0.15, -0.1) is 13.2 Å². The van der Waals surface area contributed by atoms with Crippen LogP contribution in [0, 0.1) is 6.92 Å². The molecule has 6 nitrogen and oxygen atoms in total. The molecule has 5 aromatic rings. The van der Waals surface area contributed by atoms with Gasteiger partial charge in [0.25, 0.3) is 0 Å². The molecule has 0 saturated carbocycles. The summed E-state index contributed by atoms with van der Waals surface area (Å²) in [6.07, 6.45) is -1.23. The van der Waals surface area contributed by atoms with E-state index in [4.69, 9.17) is 4.74 Å². The first-order chi connectivity index (χ1) is 21.7. The molecule has 0 radical (unpaired) electrons. The van der Waals surface area contributed by atoms with E-state index in [1.165, 1.54) is 6.07 Å². The van der Waals surface area contributed by atoms with Crippen molar-refractivity contribution in [3.05, 3.63) is 119 Å². The van der Waals surface area contributed by atoms with Crippen LogP contribution in [0.25, 0.3) is 22.0 Å². The minimum atomic E-state index is -4.87. The number of aromatic hydroxyl groups is 1. The molecule has 1 saturated heterocycles. The number of halogens is 3. The average Bonchev–Trinajstić information content (AvgIpc) is 3.67. The number of fused-ring (bicyclic) bond motifs is 1. The average molecular weight is 615 g/mol. The minimum Gasteiger partial charge on any atom is -0.508 e. The Kier molecular flexibility index (Phi) is 8.54. The number of carbonyl (C=O) groups excluding carboxylic acids is 1.